The summed E-state index contributed by atoms with van der Waals surface area (Å²) in [5, 5.41) is 3.17. The van der Waals surface area contributed by atoms with Gasteiger partial charge in [0.15, 0.2) is 5.82 Å². The maximum Gasteiger partial charge on any atom is 0.253 e. The number of halogens is 2. The molecule has 0 aliphatic heterocycles. The number of hydrogen-bond acceptors (Lipinski definition) is 6. The van der Waals surface area contributed by atoms with Crippen LogP contribution in [0.3, 0.4) is 0 Å². The Hall–Kier alpha value is -1.93. The first kappa shape index (κ1) is 18.4. The highest BCUT2D eigenvalue weighted by molar-refractivity contribution is 9.10. The van der Waals surface area contributed by atoms with Crippen LogP contribution in [0.15, 0.2) is 22.7 Å². The van der Waals surface area contributed by atoms with Crippen LogP contribution in [0.2, 0.25) is 5.02 Å². The van der Waals surface area contributed by atoms with Crippen molar-refractivity contribution in [1.29, 1.82) is 0 Å². The van der Waals surface area contributed by atoms with Crippen LogP contribution in [0.1, 0.15) is 16.2 Å². The minimum atomic E-state index is -0.292. The lowest BCUT2D eigenvalue weighted by Gasteiger charge is -2.16. The van der Waals surface area contributed by atoms with Crippen LogP contribution >= 0.6 is 27.5 Å². The number of carbonyl (C=O) groups excluding carboxylic acids is 1. The summed E-state index contributed by atoms with van der Waals surface area (Å²) in [6.45, 7) is 0.172. The average Bonchev–Trinajstić information content (AvgIpc) is 2.54. The van der Waals surface area contributed by atoms with Gasteiger partial charge in [0.05, 0.1) is 17.1 Å². The fraction of sp³-hybridized carbons (Fsp3) is 0.333. The molecule has 0 radical (unpaired) electrons. The predicted octanol–water partition coefficient (Wildman–Crippen LogP) is 2.35. The molecule has 9 heteroatoms. The van der Waals surface area contributed by atoms with Gasteiger partial charge in [0, 0.05) is 32.7 Å². The van der Waals surface area contributed by atoms with Gasteiger partial charge >= 0.3 is 0 Å². The third kappa shape index (κ3) is 4.55. The van der Waals surface area contributed by atoms with E-state index in [-0.39, 0.29) is 12.5 Å². The van der Waals surface area contributed by atoms with Gasteiger partial charge in [-0.15, -0.1) is 0 Å². The van der Waals surface area contributed by atoms with Gasteiger partial charge in [0.25, 0.3) is 5.91 Å². The second-order valence-electron chi connectivity index (χ2n) is 5.45. The molecule has 1 aromatic carbocycles. The zero-order valence-electron chi connectivity index (χ0n) is 13.8. The molecule has 0 saturated heterocycles. The minimum absolute atomic E-state index is 0.172. The van der Waals surface area contributed by atoms with Crippen molar-refractivity contribution in [3.8, 4) is 0 Å². The lowest BCUT2D eigenvalue weighted by atomic mass is 10.2. The van der Waals surface area contributed by atoms with Crippen LogP contribution in [0.5, 0.6) is 0 Å². The Morgan fingerprint density at radius 3 is 2.25 bits per heavy atom. The Kier molecular flexibility index (Phi) is 5.95. The molecule has 0 atom stereocenters. The van der Waals surface area contributed by atoms with Crippen molar-refractivity contribution < 1.29 is 4.79 Å². The molecule has 1 heterocycles. The molecule has 24 heavy (non-hydrogen) atoms. The van der Waals surface area contributed by atoms with E-state index in [1.807, 2.05) is 28.2 Å². The van der Waals surface area contributed by atoms with E-state index in [0.29, 0.717) is 28.3 Å². The number of nitrogens with one attached hydrogen (secondary N) is 1. The molecule has 0 unspecified atom stereocenters. The predicted molar refractivity (Wildman–Crippen MR) is 98.8 cm³/mol. The van der Waals surface area contributed by atoms with E-state index in [0.717, 1.165) is 4.47 Å². The highest BCUT2D eigenvalue weighted by Gasteiger charge is 2.13. The SMILES string of the molecule is CN(C)c1nc(CNC(=O)c2cc(Br)ccc2Cl)nc(N(C)C)n1. The van der Waals surface area contributed by atoms with Gasteiger partial charge in [-0.2, -0.15) is 15.0 Å². The number of carbonyl (C=O) groups is 1. The van der Waals surface area contributed by atoms with Gasteiger partial charge < -0.3 is 15.1 Å². The zero-order valence-corrected chi connectivity index (χ0v) is 16.2. The van der Waals surface area contributed by atoms with E-state index in [4.69, 9.17) is 11.6 Å². The first-order valence-corrected chi connectivity index (χ1v) is 8.28. The van der Waals surface area contributed by atoms with E-state index in [1.165, 1.54) is 0 Å². The molecule has 1 amide bonds. The van der Waals surface area contributed by atoms with E-state index in [2.05, 4.69) is 36.2 Å². The summed E-state index contributed by atoms with van der Waals surface area (Å²) in [5.41, 5.74) is 0.390. The van der Waals surface area contributed by atoms with Crippen molar-refractivity contribution in [2.45, 2.75) is 6.54 Å². The Morgan fingerprint density at radius 2 is 1.71 bits per heavy atom. The van der Waals surface area contributed by atoms with Gasteiger partial charge in [0.1, 0.15) is 0 Å². The molecule has 0 fully saturated rings. The second kappa shape index (κ2) is 7.76. The maximum absolute atomic E-state index is 12.3. The van der Waals surface area contributed by atoms with E-state index in [9.17, 15) is 4.79 Å². The van der Waals surface area contributed by atoms with E-state index in [1.54, 1.807) is 28.0 Å². The molecule has 0 aliphatic rings. The molecular weight excluding hydrogens is 396 g/mol. The summed E-state index contributed by atoms with van der Waals surface area (Å²) in [4.78, 5) is 28.9. The number of anilines is 2. The molecule has 0 saturated carbocycles. The van der Waals surface area contributed by atoms with Crippen LogP contribution in [-0.2, 0) is 6.54 Å². The first-order chi connectivity index (χ1) is 11.3. The Morgan fingerprint density at radius 1 is 1.12 bits per heavy atom. The fourth-order valence-electron chi connectivity index (χ4n) is 1.80. The van der Waals surface area contributed by atoms with Gasteiger partial charge in [0.2, 0.25) is 11.9 Å². The highest BCUT2D eigenvalue weighted by Crippen LogP contribution is 2.21. The number of benzene rings is 1. The van der Waals surface area contributed by atoms with Crippen LogP contribution in [0.25, 0.3) is 0 Å². The fourth-order valence-corrected chi connectivity index (χ4v) is 2.36. The number of aromatic nitrogens is 3. The standard InChI is InChI=1S/C15H18BrClN6O/c1-22(2)14-19-12(20-15(21-14)23(3)4)8-18-13(24)10-7-9(16)5-6-11(10)17/h5-7H,8H2,1-4H3,(H,18,24). The van der Waals surface area contributed by atoms with E-state index >= 15 is 0 Å². The summed E-state index contributed by atoms with van der Waals surface area (Å²) in [5.74, 6) is 1.23. The molecule has 1 aromatic heterocycles. The topological polar surface area (TPSA) is 74.2 Å². The molecule has 2 aromatic rings. The third-order valence-corrected chi connectivity index (χ3v) is 3.86. The quantitative estimate of drug-likeness (QED) is 0.811. The molecule has 7 nitrogen and oxygen atoms in total. The van der Waals surface area contributed by atoms with Crippen LogP contribution in [0.4, 0.5) is 11.9 Å². The smallest absolute Gasteiger partial charge is 0.253 e. The minimum Gasteiger partial charge on any atom is -0.347 e. The Balaban J connectivity index is 2.19. The average molecular weight is 414 g/mol. The normalized spacial score (nSPS) is 10.4. The van der Waals surface area contributed by atoms with Crippen molar-refractivity contribution in [1.82, 2.24) is 20.3 Å². The van der Waals surface area contributed by atoms with Gasteiger partial charge in [-0.05, 0) is 18.2 Å². The molecule has 2 rings (SSSR count). The van der Waals surface area contributed by atoms with Crippen LogP contribution in [0, 0.1) is 0 Å². The van der Waals surface area contributed by atoms with Crippen molar-refractivity contribution in [3.63, 3.8) is 0 Å². The first-order valence-electron chi connectivity index (χ1n) is 7.10. The zero-order chi connectivity index (χ0) is 17.9. The highest BCUT2D eigenvalue weighted by atomic mass is 79.9. The van der Waals surface area contributed by atoms with Crippen molar-refractivity contribution in [3.05, 3.63) is 39.1 Å². The third-order valence-electron chi connectivity index (χ3n) is 3.04. The Labute approximate surface area is 154 Å². The number of amides is 1. The monoisotopic (exact) mass is 412 g/mol. The van der Waals surface area contributed by atoms with Crippen LogP contribution < -0.4 is 15.1 Å². The molecule has 0 bridgehead atoms. The molecular formula is C15H18BrClN6O. The van der Waals surface area contributed by atoms with Crippen molar-refractivity contribution in [2.75, 3.05) is 38.0 Å². The molecule has 0 aliphatic carbocycles. The number of nitrogens with zero attached hydrogens (tertiary/aromatic N) is 5. The van der Waals surface area contributed by atoms with E-state index < -0.39 is 0 Å². The lowest BCUT2D eigenvalue weighted by molar-refractivity contribution is 0.0950. The van der Waals surface area contributed by atoms with Crippen molar-refractivity contribution in [2.24, 2.45) is 0 Å². The van der Waals surface area contributed by atoms with Gasteiger partial charge in [-0.25, -0.2) is 0 Å². The summed E-state index contributed by atoms with van der Waals surface area (Å²) < 4.78 is 0.780. The summed E-state index contributed by atoms with van der Waals surface area (Å²) >= 11 is 9.40. The Bertz CT molecular complexity index is 726. The summed E-state index contributed by atoms with van der Waals surface area (Å²) in [6, 6.07) is 5.11. The summed E-state index contributed by atoms with van der Waals surface area (Å²) in [6.07, 6.45) is 0. The lowest BCUT2D eigenvalue weighted by Crippen LogP contribution is -2.26. The molecule has 128 valence electrons. The van der Waals surface area contributed by atoms with Gasteiger partial charge in [-0.3, -0.25) is 4.79 Å². The maximum atomic E-state index is 12.3. The van der Waals surface area contributed by atoms with Crippen LogP contribution in [-0.4, -0.2) is 49.0 Å². The van der Waals surface area contributed by atoms with Crippen molar-refractivity contribution >= 4 is 45.3 Å². The largest absolute Gasteiger partial charge is 0.347 e. The number of rotatable bonds is 5. The van der Waals surface area contributed by atoms with Gasteiger partial charge in [-0.1, -0.05) is 27.5 Å². The molecule has 0 spiro atoms. The summed E-state index contributed by atoms with van der Waals surface area (Å²) in [7, 11) is 7.38. The second-order valence-corrected chi connectivity index (χ2v) is 6.77. The molecule has 1 N–H and O–H groups in total. The number of hydrogen-bond donors (Lipinski definition) is 1.